The molecule has 0 unspecified atom stereocenters. The van der Waals surface area contributed by atoms with Crippen LogP contribution in [0.2, 0.25) is 0 Å². The maximum Gasteiger partial charge on any atom is 0.451 e. The Kier molecular flexibility index (Phi) is 4.49. The SMILES string of the molecule is CN(C)CCSc1nc(C(F)(F)F)nc2ccccc12. The minimum atomic E-state index is -4.53. The highest BCUT2D eigenvalue weighted by Crippen LogP contribution is 2.31. The quantitative estimate of drug-likeness (QED) is 0.640. The molecule has 0 N–H and O–H groups in total. The van der Waals surface area contributed by atoms with Gasteiger partial charge in [0.25, 0.3) is 0 Å². The molecule has 0 aliphatic carbocycles. The van der Waals surface area contributed by atoms with Crippen molar-refractivity contribution in [1.82, 2.24) is 14.9 Å². The molecule has 0 atom stereocenters. The summed E-state index contributed by atoms with van der Waals surface area (Å²) in [4.78, 5) is 9.24. The first-order chi connectivity index (χ1) is 9.38. The smallest absolute Gasteiger partial charge is 0.309 e. The fourth-order valence-corrected chi connectivity index (χ4v) is 2.74. The predicted molar refractivity (Wildman–Crippen MR) is 73.8 cm³/mol. The van der Waals surface area contributed by atoms with Crippen LogP contribution in [-0.4, -0.2) is 41.3 Å². The molecule has 0 spiro atoms. The molecule has 0 aliphatic rings. The number of aromatic nitrogens is 2. The van der Waals surface area contributed by atoms with E-state index in [0.29, 0.717) is 21.7 Å². The normalized spacial score (nSPS) is 12.3. The van der Waals surface area contributed by atoms with Crippen molar-refractivity contribution in [2.24, 2.45) is 0 Å². The van der Waals surface area contributed by atoms with Crippen molar-refractivity contribution in [3.05, 3.63) is 30.1 Å². The van der Waals surface area contributed by atoms with Gasteiger partial charge in [0.2, 0.25) is 5.82 Å². The third kappa shape index (κ3) is 3.61. The molecule has 0 saturated carbocycles. The predicted octanol–water partition coefficient (Wildman–Crippen LogP) is 3.30. The summed E-state index contributed by atoms with van der Waals surface area (Å²) in [6.07, 6.45) is -4.53. The van der Waals surface area contributed by atoms with Gasteiger partial charge in [0, 0.05) is 17.7 Å². The van der Waals surface area contributed by atoms with Gasteiger partial charge in [0.15, 0.2) is 0 Å². The molecular formula is C13H14F3N3S. The molecule has 2 aromatic rings. The molecule has 20 heavy (non-hydrogen) atoms. The number of alkyl halides is 3. The van der Waals surface area contributed by atoms with Crippen molar-refractivity contribution in [2.45, 2.75) is 11.2 Å². The summed E-state index contributed by atoms with van der Waals surface area (Å²) in [5, 5.41) is 1.04. The van der Waals surface area contributed by atoms with Crippen LogP contribution >= 0.6 is 11.8 Å². The molecule has 0 radical (unpaired) electrons. The Hall–Kier alpha value is -1.34. The van der Waals surface area contributed by atoms with E-state index in [9.17, 15) is 13.2 Å². The lowest BCUT2D eigenvalue weighted by molar-refractivity contribution is -0.145. The van der Waals surface area contributed by atoms with E-state index in [0.717, 1.165) is 6.54 Å². The topological polar surface area (TPSA) is 29.0 Å². The molecule has 108 valence electrons. The number of para-hydroxylation sites is 1. The number of fused-ring (bicyclic) bond motifs is 1. The lowest BCUT2D eigenvalue weighted by atomic mass is 10.2. The van der Waals surface area contributed by atoms with Gasteiger partial charge in [-0.25, -0.2) is 9.97 Å². The van der Waals surface area contributed by atoms with Crippen LogP contribution in [0.15, 0.2) is 29.3 Å². The van der Waals surface area contributed by atoms with Crippen molar-refractivity contribution in [2.75, 3.05) is 26.4 Å². The Morgan fingerprint density at radius 3 is 2.50 bits per heavy atom. The Morgan fingerprint density at radius 2 is 1.85 bits per heavy atom. The second-order valence-corrected chi connectivity index (χ2v) is 5.60. The lowest BCUT2D eigenvalue weighted by Crippen LogP contribution is -2.15. The molecule has 0 saturated heterocycles. The van der Waals surface area contributed by atoms with E-state index in [4.69, 9.17) is 0 Å². The molecule has 0 aliphatic heterocycles. The van der Waals surface area contributed by atoms with Crippen LogP contribution in [-0.2, 0) is 6.18 Å². The largest absolute Gasteiger partial charge is 0.451 e. The van der Waals surface area contributed by atoms with E-state index in [1.807, 2.05) is 19.0 Å². The van der Waals surface area contributed by atoms with Gasteiger partial charge in [-0.2, -0.15) is 13.2 Å². The van der Waals surface area contributed by atoms with Crippen LogP contribution in [0.3, 0.4) is 0 Å². The van der Waals surface area contributed by atoms with Crippen molar-refractivity contribution < 1.29 is 13.2 Å². The summed E-state index contributed by atoms with van der Waals surface area (Å²) in [5.74, 6) is -0.408. The number of nitrogens with zero attached hydrogens (tertiary/aromatic N) is 3. The van der Waals surface area contributed by atoms with E-state index < -0.39 is 12.0 Å². The van der Waals surface area contributed by atoms with Gasteiger partial charge < -0.3 is 4.90 Å². The molecule has 0 amide bonds. The Labute approximate surface area is 119 Å². The van der Waals surface area contributed by atoms with Gasteiger partial charge in [-0.1, -0.05) is 18.2 Å². The van der Waals surface area contributed by atoms with E-state index in [1.165, 1.54) is 11.8 Å². The zero-order valence-electron chi connectivity index (χ0n) is 11.1. The zero-order chi connectivity index (χ0) is 14.8. The van der Waals surface area contributed by atoms with Crippen molar-refractivity contribution in [3.8, 4) is 0 Å². The van der Waals surface area contributed by atoms with Gasteiger partial charge in [-0.05, 0) is 20.2 Å². The highest BCUT2D eigenvalue weighted by Gasteiger charge is 2.35. The van der Waals surface area contributed by atoms with Crippen LogP contribution in [0.4, 0.5) is 13.2 Å². The summed E-state index contributed by atoms with van der Waals surface area (Å²) < 4.78 is 38.4. The first-order valence-electron chi connectivity index (χ1n) is 5.99. The maximum atomic E-state index is 12.8. The highest BCUT2D eigenvalue weighted by molar-refractivity contribution is 7.99. The molecule has 1 aromatic heterocycles. The highest BCUT2D eigenvalue weighted by atomic mass is 32.2. The number of thioether (sulfide) groups is 1. The average molecular weight is 301 g/mol. The zero-order valence-corrected chi connectivity index (χ0v) is 11.9. The van der Waals surface area contributed by atoms with Crippen LogP contribution in [0.1, 0.15) is 5.82 Å². The summed E-state index contributed by atoms with van der Waals surface area (Å²) in [6, 6.07) is 6.76. The van der Waals surface area contributed by atoms with Crippen LogP contribution in [0.5, 0.6) is 0 Å². The first-order valence-corrected chi connectivity index (χ1v) is 6.98. The van der Waals surface area contributed by atoms with Crippen molar-refractivity contribution in [3.63, 3.8) is 0 Å². The van der Waals surface area contributed by atoms with Gasteiger partial charge in [-0.15, -0.1) is 11.8 Å². The maximum absolute atomic E-state index is 12.8. The Balaban J connectivity index is 2.39. The van der Waals surface area contributed by atoms with E-state index in [-0.39, 0.29) is 0 Å². The van der Waals surface area contributed by atoms with Crippen LogP contribution in [0, 0.1) is 0 Å². The number of hydrogen-bond acceptors (Lipinski definition) is 4. The number of benzene rings is 1. The molecule has 1 aromatic carbocycles. The van der Waals surface area contributed by atoms with Crippen molar-refractivity contribution >= 4 is 22.7 Å². The fraction of sp³-hybridized carbons (Fsp3) is 0.385. The third-order valence-electron chi connectivity index (χ3n) is 2.60. The van der Waals surface area contributed by atoms with Gasteiger partial charge in [0.05, 0.1) is 5.52 Å². The van der Waals surface area contributed by atoms with E-state index in [2.05, 4.69) is 9.97 Å². The molecular weight excluding hydrogens is 287 g/mol. The average Bonchev–Trinajstić information content (AvgIpc) is 2.37. The van der Waals surface area contributed by atoms with Gasteiger partial charge in [0.1, 0.15) is 5.03 Å². The summed E-state index contributed by atoms with van der Waals surface area (Å²) >= 11 is 1.32. The second kappa shape index (κ2) is 5.97. The summed E-state index contributed by atoms with van der Waals surface area (Å²) in [7, 11) is 3.83. The Bertz CT molecular complexity index is 599. The minimum Gasteiger partial charge on any atom is -0.309 e. The van der Waals surface area contributed by atoms with Gasteiger partial charge in [-0.3, -0.25) is 0 Å². The second-order valence-electron chi connectivity index (χ2n) is 4.52. The molecule has 1 heterocycles. The molecule has 3 nitrogen and oxygen atoms in total. The molecule has 0 bridgehead atoms. The number of hydrogen-bond donors (Lipinski definition) is 0. The van der Waals surface area contributed by atoms with Crippen LogP contribution in [0.25, 0.3) is 10.9 Å². The fourth-order valence-electron chi connectivity index (χ4n) is 1.61. The number of rotatable bonds is 4. The summed E-state index contributed by atoms with van der Waals surface area (Å²) in [6.45, 7) is 0.768. The minimum absolute atomic E-state index is 0.321. The third-order valence-corrected chi connectivity index (χ3v) is 3.57. The first kappa shape index (κ1) is 15.1. The molecule has 7 heteroatoms. The Morgan fingerprint density at radius 1 is 1.15 bits per heavy atom. The standard InChI is InChI=1S/C13H14F3N3S/c1-19(2)7-8-20-11-9-5-3-4-6-10(9)17-12(18-11)13(14,15)16/h3-6H,7-8H2,1-2H3. The van der Waals surface area contributed by atoms with E-state index >= 15 is 0 Å². The van der Waals surface area contributed by atoms with Crippen LogP contribution < -0.4 is 0 Å². The lowest BCUT2D eigenvalue weighted by Gasteiger charge is -2.12. The monoisotopic (exact) mass is 301 g/mol. The molecule has 2 rings (SSSR count). The molecule has 0 fully saturated rings. The van der Waals surface area contributed by atoms with Gasteiger partial charge >= 0.3 is 6.18 Å². The number of halogens is 3. The van der Waals surface area contributed by atoms with Crippen molar-refractivity contribution in [1.29, 1.82) is 0 Å². The summed E-state index contributed by atoms with van der Waals surface area (Å²) in [5.41, 5.74) is 0.321. The van der Waals surface area contributed by atoms with E-state index in [1.54, 1.807) is 24.3 Å².